The van der Waals surface area contributed by atoms with E-state index in [0.29, 0.717) is 13.0 Å². The highest BCUT2D eigenvalue weighted by Gasteiger charge is 2.04. The maximum Gasteiger partial charge on any atom is 0.220 e. The third kappa shape index (κ3) is 6.16. The molecule has 0 aliphatic rings. The molecular weight excluding hydrogens is 304 g/mol. The highest BCUT2D eigenvalue weighted by Crippen LogP contribution is 2.11. The molecule has 1 amide bonds. The van der Waals surface area contributed by atoms with E-state index < -0.39 is 0 Å². The van der Waals surface area contributed by atoms with Crippen LogP contribution in [0.3, 0.4) is 0 Å². The van der Waals surface area contributed by atoms with Crippen molar-refractivity contribution >= 4 is 17.2 Å². The molecule has 4 heteroatoms. The largest absolute Gasteiger partial charge is 0.352 e. The molecule has 0 spiro atoms. The number of aryl methyl sites for hydroxylation is 1. The van der Waals surface area contributed by atoms with Gasteiger partial charge in [0.25, 0.3) is 0 Å². The fourth-order valence-electron chi connectivity index (χ4n) is 2.45. The monoisotopic (exact) mass is 330 g/mol. The van der Waals surface area contributed by atoms with Crippen LogP contribution in [-0.2, 0) is 24.3 Å². The lowest BCUT2D eigenvalue weighted by atomic mass is 10.1. The summed E-state index contributed by atoms with van der Waals surface area (Å²) in [5.41, 5.74) is 2.47. The van der Waals surface area contributed by atoms with Gasteiger partial charge in [0.2, 0.25) is 5.91 Å². The average molecular weight is 330 g/mol. The van der Waals surface area contributed by atoms with Crippen LogP contribution in [0.5, 0.6) is 0 Å². The molecule has 1 aromatic heterocycles. The van der Waals surface area contributed by atoms with Crippen LogP contribution in [0.2, 0.25) is 0 Å². The molecule has 0 bridgehead atoms. The van der Waals surface area contributed by atoms with E-state index in [1.54, 1.807) is 11.3 Å². The molecule has 0 saturated heterocycles. The predicted molar refractivity (Wildman–Crippen MR) is 97.6 cm³/mol. The molecule has 3 nitrogen and oxygen atoms in total. The summed E-state index contributed by atoms with van der Waals surface area (Å²) in [6.45, 7) is 8.10. The summed E-state index contributed by atoms with van der Waals surface area (Å²) in [6.07, 6.45) is 1.38. The minimum Gasteiger partial charge on any atom is -0.352 e. The van der Waals surface area contributed by atoms with Crippen molar-refractivity contribution < 1.29 is 4.79 Å². The molecule has 1 N–H and O–H groups in total. The molecule has 2 rings (SSSR count). The van der Waals surface area contributed by atoms with Crippen LogP contribution >= 0.6 is 11.3 Å². The number of benzene rings is 1. The molecule has 124 valence electrons. The van der Waals surface area contributed by atoms with E-state index in [1.807, 2.05) is 11.4 Å². The zero-order chi connectivity index (χ0) is 16.5. The lowest BCUT2D eigenvalue weighted by Gasteiger charge is -2.18. The number of nitrogens with zero attached hydrogens (tertiary/aromatic N) is 1. The lowest BCUT2D eigenvalue weighted by molar-refractivity contribution is -0.121. The van der Waals surface area contributed by atoms with Gasteiger partial charge in [0.15, 0.2) is 0 Å². The van der Waals surface area contributed by atoms with Gasteiger partial charge in [0, 0.05) is 24.4 Å². The second kappa shape index (κ2) is 9.48. The van der Waals surface area contributed by atoms with Gasteiger partial charge in [-0.3, -0.25) is 9.69 Å². The van der Waals surface area contributed by atoms with Gasteiger partial charge >= 0.3 is 0 Å². The van der Waals surface area contributed by atoms with Crippen LogP contribution < -0.4 is 5.32 Å². The summed E-state index contributed by atoms with van der Waals surface area (Å²) in [4.78, 5) is 15.5. The number of hydrogen-bond donors (Lipinski definition) is 1. The minimum atomic E-state index is 0.116. The molecule has 0 saturated carbocycles. The zero-order valence-electron chi connectivity index (χ0n) is 14.0. The quantitative estimate of drug-likeness (QED) is 0.757. The maximum absolute atomic E-state index is 11.9. The summed E-state index contributed by atoms with van der Waals surface area (Å²) in [5, 5.41) is 5.05. The number of carbonyl (C=O) groups excluding carboxylic acids is 1. The van der Waals surface area contributed by atoms with Crippen LogP contribution in [0.4, 0.5) is 0 Å². The summed E-state index contributed by atoms with van der Waals surface area (Å²) in [6, 6.07) is 12.6. The Kier molecular flexibility index (Phi) is 7.30. The van der Waals surface area contributed by atoms with E-state index in [2.05, 4.69) is 54.4 Å². The van der Waals surface area contributed by atoms with Crippen LogP contribution in [0.15, 0.2) is 41.8 Å². The van der Waals surface area contributed by atoms with Gasteiger partial charge in [0.1, 0.15) is 0 Å². The van der Waals surface area contributed by atoms with Gasteiger partial charge in [-0.15, -0.1) is 11.3 Å². The van der Waals surface area contributed by atoms with Crippen molar-refractivity contribution in [1.29, 1.82) is 0 Å². The van der Waals surface area contributed by atoms with Gasteiger partial charge in [-0.1, -0.05) is 44.2 Å². The summed E-state index contributed by atoms with van der Waals surface area (Å²) < 4.78 is 0. The molecule has 2 aromatic rings. The number of nitrogens with one attached hydrogen (secondary N) is 1. The maximum atomic E-state index is 11.9. The van der Waals surface area contributed by atoms with Crippen LogP contribution in [0.25, 0.3) is 0 Å². The topological polar surface area (TPSA) is 32.3 Å². The predicted octanol–water partition coefficient (Wildman–Crippen LogP) is 3.84. The molecule has 0 atom stereocenters. The Bertz CT molecular complexity index is 574. The second-order valence-corrected chi connectivity index (χ2v) is 6.67. The first-order valence-electron chi connectivity index (χ1n) is 8.30. The minimum absolute atomic E-state index is 0.116. The first-order chi connectivity index (χ1) is 11.2. The molecule has 0 radical (unpaired) electrons. The fourth-order valence-corrected chi connectivity index (χ4v) is 3.16. The number of carbonyl (C=O) groups is 1. The van der Waals surface area contributed by atoms with E-state index in [1.165, 1.54) is 10.4 Å². The van der Waals surface area contributed by atoms with Crippen LogP contribution in [0, 0.1) is 0 Å². The van der Waals surface area contributed by atoms with Crippen LogP contribution in [0.1, 0.15) is 36.3 Å². The van der Waals surface area contributed by atoms with Gasteiger partial charge in [-0.05, 0) is 42.1 Å². The summed E-state index contributed by atoms with van der Waals surface area (Å²) >= 11 is 1.71. The Morgan fingerprint density at radius 1 is 1.09 bits per heavy atom. The highest BCUT2D eigenvalue weighted by atomic mass is 32.1. The first-order valence-corrected chi connectivity index (χ1v) is 9.18. The van der Waals surface area contributed by atoms with Gasteiger partial charge < -0.3 is 5.32 Å². The Hall–Kier alpha value is -1.65. The molecule has 1 heterocycles. The average Bonchev–Trinajstić information content (AvgIpc) is 3.10. The van der Waals surface area contributed by atoms with Crippen molar-refractivity contribution in [3.63, 3.8) is 0 Å². The molecule has 0 unspecified atom stereocenters. The Balaban J connectivity index is 1.73. The molecular formula is C19H26N2OS. The molecule has 1 aromatic carbocycles. The molecule has 0 aliphatic heterocycles. The van der Waals surface area contributed by atoms with Crippen molar-refractivity contribution in [3.8, 4) is 0 Å². The highest BCUT2D eigenvalue weighted by molar-refractivity contribution is 7.09. The van der Waals surface area contributed by atoms with Crippen molar-refractivity contribution in [2.75, 3.05) is 13.1 Å². The SMILES string of the molecule is CCN(CC)Cc1ccc(CNC(=O)CCc2cccs2)cc1. The van der Waals surface area contributed by atoms with Crippen molar-refractivity contribution in [1.82, 2.24) is 10.2 Å². The third-order valence-electron chi connectivity index (χ3n) is 3.99. The van der Waals surface area contributed by atoms with Gasteiger partial charge in [-0.2, -0.15) is 0 Å². The van der Waals surface area contributed by atoms with E-state index >= 15 is 0 Å². The normalized spacial score (nSPS) is 10.9. The second-order valence-electron chi connectivity index (χ2n) is 5.63. The molecule has 0 aliphatic carbocycles. The molecule has 0 fully saturated rings. The third-order valence-corrected chi connectivity index (χ3v) is 4.93. The summed E-state index contributed by atoms with van der Waals surface area (Å²) in [5.74, 6) is 0.116. The Morgan fingerprint density at radius 3 is 2.39 bits per heavy atom. The smallest absolute Gasteiger partial charge is 0.220 e. The fraction of sp³-hybridized carbons (Fsp3) is 0.421. The van der Waals surface area contributed by atoms with E-state index in [4.69, 9.17) is 0 Å². The number of rotatable bonds is 9. The Labute approximate surface area is 143 Å². The Morgan fingerprint density at radius 2 is 1.78 bits per heavy atom. The van der Waals surface area contributed by atoms with Gasteiger partial charge in [0.05, 0.1) is 0 Å². The lowest BCUT2D eigenvalue weighted by Crippen LogP contribution is -2.23. The number of amides is 1. The molecule has 23 heavy (non-hydrogen) atoms. The van der Waals surface area contributed by atoms with E-state index in [0.717, 1.165) is 31.6 Å². The van der Waals surface area contributed by atoms with E-state index in [9.17, 15) is 4.79 Å². The van der Waals surface area contributed by atoms with Crippen molar-refractivity contribution in [2.24, 2.45) is 0 Å². The zero-order valence-corrected chi connectivity index (χ0v) is 14.9. The van der Waals surface area contributed by atoms with Crippen LogP contribution in [-0.4, -0.2) is 23.9 Å². The van der Waals surface area contributed by atoms with E-state index in [-0.39, 0.29) is 5.91 Å². The van der Waals surface area contributed by atoms with Crippen molar-refractivity contribution in [3.05, 3.63) is 57.8 Å². The van der Waals surface area contributed by atoms with Gasteiger partial charge in [-0.25, -0.2) is 0 Å². The first kappa shape index (κ1) is 17.7. The van der Waals surface area contributed by atoms with Crippen molar-refractivity contribution in [2.45, 2.75) is 39.8 Å². The standard InChI is InChI=1S/C19H26N2OS/c1-3-21(4-2)15-17-9-7-16(8-10-17)14-20-19(22)12-11-18-6-5-13-23-18/h5-10,13H,3-4,11-12,14-15H2,1-2H3,(H,20,22). The number of thiophene rings is 1. The number of hydrogen-bond acceptors (Lipinski definition) is 3. The summed E-state index contributed by atoms with van der Waals surface area (Å²) in [7, 11) is 0.